The Hall–Kier alpha value is -2.12. The number of hydrogen-bond acceptors (Lipinski definition) is 5. The molecule has 0 bridgehead atoms. The lowest BCUT2D eigenvalue weighted by Gasteiger charge is -2.23. The minimum atomic E-state index is -0.178. The van der Waals surface area contributed by atoms with Crippen LogP contribution in [0.3, 0.4) is 0 Å². The third-order valence-electron chi connectivity index (χ3n) is 6.05. The third kappa shape index (κ3) is 6.45. The summed E-state index contributed by atoms with van der Waals surface area (Å²) in [7, 11) is 0. The lowest BCUT2D eigenvalue weighted by atomic mass is 9.97. The van der Waals surface area contributed by atoms with E-state index < -0.39 is 0 Å². The molecular weight excluding hydrogens is 420 g/mol. The van der Waals surface area contributed by atoms with Crippen LogP contribution in [-0.2, 0) is 24.2 Å². The Morgan fingerprint density at radius 3 is 2.50 bits per heavy atom. The maximum absolute atomic E-state index is 12.9. The number of amides is 1. The first kappa shape index (κ1) is 24.5. The van der Waals surface area contributed by atoms with Crippen LogP contribution < -0.4 is 11.0 Å². The van der Waals surface area contributed by atoms with E-state index in [-0.39, 0.29) is 17.3 Å². The van der Waals surface area contributed by atoms with E-state index in [0.717, 1.165) is 79.3 Å². The van der Waals surface area contributed by atoms with Crippen LogP contribution in [0.1, 0.15) is 55.5 Å². The second-order valence-electron chi connectivity index (χ2n) is 8.58. The van der Waals surface area contributed by atoms with Gasteiger partial charge in [0.2, 0.25) is 5.91 Å². The lowest BCUT2D eigenvalue weighted by molar-refractivity contribution is -0.113. The van der Waals surface area contributed by atoms with Crippen LogP contribution in [-0.4, -0.2) is 45.7 Å². The molecule has 0 spiro atoms. The van der Waals surface area contributed by atoms with Crippen molar-refractivity contribution in [2.45, 2.75) is 71.4 Å². The van der Waals surface area contributed by atoms with Gasteiger partial charge in [-0.25, -0.2) is 4.79 Å². The van der Waals surface area contributed by atoms with Crippen molar-refractivity contribution in [2.24, 2.45) is 0 Å². The molecule has 1 aliphatic rings. The van der Waals surface area contributed by atoms with Gasteiger partial charge in [-0.2, -0.15) is 4.98 Å². The van der Waals surface area contributed by atoms with Crippen molar-refractivity contribution in [1.29, 1.82) is 0 Å². The molecule has 1 heterocycles. The molecule has 1 aliphatic carbocycles. The Kier molecular flexibility index (Phi) is 8.93. The summed E-state index contributed by atoms with van der Waals surface area (Å²) in [5, 5.41) is 3.71. The maximum Gasteiger partial charge on any atom is 0.348 e. The van der Waals surface area contributed by atoms with Gasteiger partial charge in [-0.3, -0.25) is 9.36 Å². The molecule has 174 valence electrons. The van der Waals surface area contributed by atoms with E-state index in [1.165, 1.54) is 17.3 Å². The van der Waals surface area contributed by atoms with Gasteiger partial charge >= 0.3 is 5.69 Å². The molecule has 0 atom stereocenters. The fourth-order valence-corrected chi connectivity index (χ4v) is 5.34. The molecule has 7 heteroatoms. The van der Waals surface area contributed by atoms with Crippen LogP contribution in [0, 0.1) is 13.8 Å². The fourth-order valence-electron chi connectivity index (χ4n) is 4.47. The molecule has 3 rings (SSSR count). The van der Waals surface area contributed by atoms with Crippen molar-refractivity contribution in [3.05, 3.63) is 51.1 Å². The van der Waals surface area contributed by atoms with E-state index in [1.807, 2.05) is 30.5 Å². The van der Waals surface area contributed by atoms with Gasteiger partial charge in [-0.05, 0) is 88.8 Å². The molecule has 32 heavy (non-hydrogen) atoms. The summed E-state index contributed by atoms with van der Waals surface area (Å²) in [5.74, 6) is 0.174. The van der Waals surface area contributed by atoms with Crippen molar-refractivity contribution in [3.8, 4) is 0 Å². The number of rotatable bonds is 10. The molecule has 0 fully saturated rings. The lowest BCUT2D eigenvalue weighted by Crippen LogP contribution is -2.32. The summed E-state index contributed by atoms with van der Waals surface area (Å²) in [6.45, 7) is 12.1. The van der Waals surface area contributed by atoms with Gasteiger partial charge in [0.1, 0.15) is 5.03 Å². The summed E-state index contributed by atoms with van der Waals surface area (Å²) < 4.78 is 1.89. The number of nitrogens with zero attached hydrogens (tertiary/aromatic N) is 3. The number of carbonyl (C=O) groups excluding carboxylic acids is 1. The van der Waals surface area contributed by atoms with Crippen LogP contribution in [0.4, 0.5) is 5.69 Å². The van der Waals surface area contributed by atoms with Gasteiger partial charge in [0.15, 0.2) is 0 Å². The monoisotopic (exact) mass is 456 g/mol. The van der Waals surface area contributed by atoms with Crippen LogP contribution in [0.15, 0.2) is 28.0 Å². The number of thioether (sulfide) groups is 1. The molecular formula is C25H36N4O2S. The van der Waals surface area contributed by atoms with E-state index in [4.69, 9.17) is 0 Å². The number of aromatic nitrogens is 2. The van der Waals surface area contributed by atoms with Gasteiger partial charge in [-0.15, -0.1) is 0 Å². The highest BCUT2D eigenvalue weighted by molar-refractivity contribution is 8.00. The summed E-state index contributed by atoms with van der Waals surface area (Å²) in [4.78, 5) is 32.2. The predicted molar refractivity (Wildman–Crippen MR) is 133 cm³/mol. The maximum atomic E-state index is 12.9. The van der Waals surface area contributed by atoms with Gasteiger partial charge < -0.3 is 10.2 Å². The predicted octanol–water partition coefficient (Wildman–Crippen LogP) is 4.20. The topological polar surface area (TPSA) is 67.2 Å². The van der Waals surface area contributed by atoms with Crippen molar-refractivity contribution in [1.82, 2.24) is 14.5 Å². The van der Waals surface area contributed by atoms with E-state index in [2.05, 4.69) is 35.1 Å². The molecule has 1 aromatic heterocycles. The van der Waals surface area contributed by atoms with Crippen molar-refractivity contribution in [2.75, 3.05) is 30.7 Å². The Morgan fingerprint density at radius 2 is 1.81 bits per heavy atom. The Morgan fingerprint density at radius 1 is 1.12 bits per heavy atom. The molecule has 1 N–H and O–H groups in total. The van der Waals surface area contributed by atoms with Crippen LogP contribution in [0.2, 0.25) is 0 Å². The van der Waals surface area contributed by atoms with Gasteiger partial charge in [0.05, 0.1) is 5.75 Å². The first-order valence-electron chi connectivity index (χ1n) is 11.8. The number of aryl methyl sites for hydroxylation is 2. The number of fused-ring (bicyclic) bond motifs is 1. The SMILES string of the molecule is CCN(CC)CCCn1c2c(c(SCC(=O)Nc3cc(C)cc(C)c3)nc1=O)CCCC2. The van der Waals surface area contributed by atoms with E-state index >= 15 is 0 Å². The van der Waals surface area contributed by atoms with Crippen LogP contribution in [0.5, 0.6) is 0 Å². The van der Waals surface area contributed by atoms with Gasteiger partial charge in [-0.1, -0.05) is 31.7 Å². The second-order valence-corrected chi connectivity index (χ2v) is 9.54. The molecule has 6 nitrogen and oxygen atoms in total. The molecule has 0 aliphatic heterocycles. The Balaban J connectivity index is 1.69. The zero-order valence-corrected chi connectivity index (χ0v) is 20.7. The molecule has 1 aromatic carbocycles. The van der Waals surface area contributed by atoms with Crippen LogP contribution >= 0.6 is 11.8 Å². The van der Waals surface area contributed by atoms with Gasteiger partial charge in [0, 0.05) is 23.5 Å². The quantitative estimate of drug-likeness (QED) is 0.429. The minimum Gasteiger partial charge on any atom is -0.325 e. The summed E-state index contributed by atoms with van der Waals surface area (Å²) >= 11 is 1.38. The fraction of sp³-hybridized carbons (Fsp3) is 0.560. The average molecular weight is 457 g/mol. The Labute approximate surface area is 195 Å². The molecule has 0 radical (unpaired) electrons. The summed E-state index contributed by atoms with van der Waals surface area (Å²) in [6.07, 6.45) is 5.00. The standard InChI is InChI=1S/C25H36N4O2S/c1-5-28(6-2)12-9-13-29-22-11-8-7-10-21(22)24(27-25(29)31)32-17-23(30)26-20-15-18(3)14-19(4)16-20/h14-16H,5-13,17H2,1-4H3,(H,26,30). The highest BCUT2D eigenvalue weighted by Crippen LogP contribution is 2.28. The molecule has 2 aromatic rings. The van der Waals surface area contributed by atoms with Crippen molar-refractivity contribution in [3.63, 3.8) is 0 Å². The number of nitrogens with one attached hydrogen (secondary N) is 1. The third-order valence-corrected chi connectivity index (χ3v) is 7.06. The Bertz CT molecular complexity index is 978. The van der Waals surface area contributed by atoms with Crippen LogP contribution in [0.25, 0.3) is 0 Å². The highest BCUT2D eigenvalue weighted by Gasteiger charge is 2.21. The molecule has 0 saturated heterocycles. The molecule has 0 saturated carbocycles. The number of benzene rings is 1. The summed E-state index contributed by atoms with van der Waals surface area (Å²) in [6, 6.07) is 6.02. The zero-order valence-electron chi connectivity index (χ0n) is 19.9. The smallest absolute Gasteiger partial charge is 0.325 e. The van der Waals surface area contributed by atoms with E-state index in [1.54, 1.807) is 0 Å². The first-order valence-corrected chi connectivity index (χ1v) is 12.8. The van der Waals surface area contributed by atoms with Crippen molar-refractivity contribution >= 4 is 23.4 Å². The van der Waals surface area contributed by atoms with Gasteiger partial charge in [0.25, 0.3) is 0 Å². The number of hydrogen-bond donors (Lipinski definition) is 1. The van der Waals surface area contributed by atoms with E-state index in [9.17, 15) is 9.59 Å². The van der Waals surface area contributed by atoms with E-state index in [0.29, 0.717) is 6.54 Å². The summed E-state index contributed by atoms with van der Waals surface area (Å²) in [5.41, 5.74) is 5.17. The zero-order chi connectivity index (χ0) is 23.1. The first-order chi connectivity index (χ1) is 15.4. The molecule has 1 amide bonds. The number of anilines is 1. The largest absolute Gasteiger partial charge is 0.348 e. The molecule has 0 unspecified atom stereocenters. The second kappa shape index (κ2) is 11.7. The normalized spacial score (nSPS) is 13.3. The minimum absolute atomic E-state index is 0.0743. The van der Waals surface area contributed by atoms with Crippen molar-refractivity contribution < 1.29 is 4.79 Å². The highest BCUT2D eigenvalue weighted by atomic mass is 32.2. The number of carbonyl (C=O) groups is 1. The average Bonchev–Trinajstić information content (AvgIpc) is 2.76.